The predicted molar refractivity (Wildman–Crippen MR) is 331 cm³/mol. The number of allylic oxidation sites excluding steroid dienone is 2. The van der Waals surface area contributed by atoms with Gasteiger partial charge in [-0.1, -0.05) is 231 Å². The third-order valence-corrected chi connectivity index (χ3v) is 14.8. The summed E-state index contributed by atoms with van der Waals surface area (Å²) in [5, 5.41) is 0. The molecule has 0 amide bonds. The molecule has 0 spiro atoms. The van der Waals surface area contributed by atoms with E-state index in [2.05, 4.69) is 94.4 Å². The van der Waals surface area contributed by atoms with Crippen LogP contribution in [0.2, 0.25) is 0 Å². The molecule has 0 rings (SSSR count). The van der Waals surface area contributed by atoms with Crippen LogP contribution in [-0.4, -0.2) is 87.4 Å². The molecule has 11 nitrogen and oxygen atoms in total. The molecular weight excluding hydrogens is 1000 g/mol. The number of esters is 2. The van der Waals surface area contributed by atoms with Crippen molar-refractivity contribution in [1.29, 1.82) is 0 Å². The summed E-state index contributed by atoms with van der Waals surface area (Å²) >= 11 is 0. The number of unbranched alkanes of at least 4 members (excludes halogenated alkanes) is 26. The Hall–Kier alpha value is -3.96. The molecule has 0 saturated carbocycles. The lowest BCUT2D eigenvalue weighted by molar-refractivity contribution is -0.144. The zero-order valence-electron chi connectivity index (χ0n) is 52.5. The summed E-state index contributed by atoms with van der Waals surface area (Å²) in [6.07, 6.45) is 49.4. The van der Waals surface area contributed by atoms with Crippen LogP contribution in [0.5, 0.6) is 0 Å². The largest absolute Gasteiger partial charge is 0.509 e. The van der Waals surface area contributed by atoms with Crippen molar-refractivity contribution in [1.82, 2.24) is 4.90 Å². The molecule has 0 fully saturated rings. The van der Waals surface area contributed by atoms with Crippen LogP contribution >= 0.6 is 0 Å². The van der Waals surface area contributed by atoms with Crippen LogP contribution < -0.4 is 0 Å². The fourth-order valence-electron chi connectivity index (χ4n) is 9.42. The highest BCUT2D eigenvalue weighted by Crippen LogP contribution is 2.18. The molecule has 0 bridgehead atoms. The first-order valence-corrected chi connectivity index (χ1v) is 33.1. The van der Waals surface area contributed by atoms with Gasteiger partial charge in [0, 0.05) is 38.8 Å². The standard InChI is InChI=1S/C69H121NO10/c1-7-13-17-21-31-39-47-61-77-68(73)79-64(49-41-19-15-9-3)51-43-35-29-25-23-27-33-37-45-59-75-66(71)54-57-70(56-53-63(11-5)12-6)58-55-67(72)76-60-46-38-34-28-24-26-30-36-44-52-65(50-42-20-16-10-4)80-69(74)78-62-48-40-32-22-18-14-8-2/h35-36,43-44,63-65H,7-34,37-38,41-42,45-46,49-62H2,1-6H3/b43-35-,44-36-. The summed E-state index contributed by atoms with van der Waals surface area (Å²) in [6, 6.07) is 0. The normalized spacial score (nSPS) is 12.1. The molecule has 80 heavy (non-hydrogen) atoms. The molecule has 0 heterocycles. The first-order chi connectivity index (χ1) is 39.2. The molecule has 11 heteroatoms. The summed E-state index contributed by atoms with van der Waals surface area (Å²) in [7, 11) is 0. The molecule has 0 aromatic rings. The molecule has 0 aliphatic carbocycles. The van der Waals surface area contributed by atoms with Gasteiger partial charge in [0.1, 0.15) is 12.2 Å². The van der Waals surface area contributed by atoms with Crippen molar-refractivity contribution in [2.24, 2.45) is 5.92 Å². The number of carbonyl (C=O) groups is 4. The third kappa shape index (κ3) is 54.6. The van der Waals surface area contributed by atoms with Crippen molar-refractivity contribution >= 4 is 24.2 Å². The van der Waals surface area contributed by atoms with E-state index in [1.165, 1.54) is 64.2 Å². The summed E-state index contributed by atoms with van der Waals surface area (Å²) in [6.45, 7) is 16.4. The zero-order valence-corrected chi connectivity index (χ0v) is 52.5. The molecular formula is C69H121NO10. The lowest BCUT2D eigenvalue weighted by Gasteiger charge is -2.24. The second-order valence-corrected chi connectivity index (χ2v) is 22.1. The lowest BCUT2D eigenvalue weighted by Crippen LogP contribution is -2.31. The summed E-state index contributed by atoms with van der Waals surface area (Å²) in [5.41, 5.74) is 0. The molecule has 0 aromatic carbocycles. The molecule has 0 aliphatic rings. The fraction of sp³-hybridized carbons (Fsp3) is 0.826. The van der Waals surface area contributed by atoms with Crippen molar-refractivity contribution in [3.05, 3.63) is 24.3 Å². The van der Waals surface area contributed by atoms with Crippen LogP contribution in [0, 0.1) is 29.6 Å². The lowest BCUT2D eigenvalue weighted by atomic mass is 9.99. The highest BCUT2D eigenvalue weighted by Gasteiger charge is 2.17. The van der Waals surface area contributed by atoms with Gasteiger partial charge >= 0.3 is 24.2 Å². The van der Waals surface area contributed by atoms with Crippen molar-refractivity contribution in [2.75, 3.05) is 46.1 Å². The minimum absolute atomic E-state index is 0.0842. The Kier molecular flexibility index (Phi) is 58.1. The van der Waals surface area contributed by atoms with Crippen molar-refractivity contribution in [2.45, 2.75) is 317 Å². The maximum Gasteiger partial charge on any atom is 0.509 e. The van der Waals surface area contributed by atoms with E-state index in [1.807, 2.05) is 0 Å². The van der Waals surface area contributed by atoms with Gasteiger partial charge < -0.3 is 33.3 Å². The van der Waals surface area contributed by atoms with E-state index in [-0.39, 0.29) is 37.4 Å². The Morgan fingerprint density at radius 1 is 0.388 bits per heavy atom. The second kappa shape index (κ2) is 61.1. The summed E-state index contributed by atoms with van der Waals surface area (Å²) < 4.78 is 33.1. The number of hydrogen-bond donors (Lipinski definition) is 0. The zero-order chi connectivity index (χ0) is 58.5. The smallest absolute Gasteiger partial charge is 0.466 e. The highest BCUT2D eigenvalue weighted by atomic mass is 16.7. The number of ether oxygens (including phenoxy) is 6. The first-order valence-electron chi connectivity index (χ1n) is 33.1. The van der Waals surface area contributed by atoms with E-state index in [9.17, 15) is 19.2 Å². The molecule has 2 unspecified atom stereocenters. The minimum Gasteiger partial charge on any atom is -0.466 e. The van der Waals surface area contributed by atoms with Crippen LogP contribution in [-0.2, 0) is 38.0 Å². The Bertz CT molecular complexity index is 1510. The first kappa shape index (κ1) is 76.0. The molecule has 0 N–H and O–H groups in total. The van der Waals surface area contributed by atoms with E-state index in [0.29, 0.717) is 57.9 Å². The fourth-order valence-corrected chi connectivity index (χ4v) is 9.42. The highest BCUT2D eigenvalue weighted by molar-refractivity contribution is 5.70. The molecule has 462 valence electrons. The quantitative estimate of drug-likeness (QED) is 0.0190. The number of hydrogen-bond acceptors (Lipinski definition) is 11. The minimum atomic E-state index is -0.619. The van der Waals surface area contributed by atoms with Crippen molar-refractivity contribution < 1.29 is 47.6 Å². The van der Waals surface area contributed by atoms with Crippen LogP contribution in [0.1, 0.15) is 305 Å². The average molecular weight is 1120 g/mol. The van der Waals surface area contributed by atoms with Crippen LogP contribution in [0.3, 0.4) is 0 Å². The maximum absolute atomic E-state index is 12.7. The number of carbonyl (C=O) groups excluding carboxylic acids is 4. The van der Waals surface area contributed by atoms with Gasteiger partial charge in [-0.15, -0.1) is 0 Å². The molecule has 2 atom stereocenters. The SMILES string of the molecule is CCCCCCC#CCOC(=O)OC(C/C=C\CCCCCCCCOC(=O)CCN(CCC(=O)OCCCCCCCC/C=C\CC(CCCCCC)OC(=O)OCC#CCCCCCC)CCC(CC)CC)CCCCCC. The van der Waals surface area contributed by atoms with Gasteiger partial charge in [0.05, 0.1) is 26.1 Å². The van der Waals surface area contributed by atoms with Crippen LogP contribution in [0.25, 0.3) is 0 Å². The number of nitrogens with zero attached hydrogens (tertiary/aromatic N) is 1. The van der Waals surface area contributed by atoms with Gasteiger partial charge in [0.15, 0.2) is 13.2 Å². The van der Waals surface area contributed by atoms with Gasteiger partial charge in [0.25, 0.3) is 0 Å². The van der Waals surface area contributed by atoms with Gasteiger partial charge in [-0.2, -0.15) is 0 Å². The van der Waals surface area contributed by atoms with Gasteiger partial charge in [0.2, 0.25) is 0 Å². The van der Waals surface area contributed by atoms with Crippen molar-refractivity contribution in [3.8, 4) is 23.7 Å². The Morgan fingerprint density at radius 3 is 1.16 bits per heavy atom. The molecule has 0 aliphatic heterocycles. The van der Waals surface area contributed by atoms with Crippen LogP contribution in [0.15, 0.2) is 24.3 Å². The number of rotatable bonds is 55. The van der Waals surface area contributed by atoms with Gasteiger partial charge in [-0.3, -0.25) is 9.59 Å². The van der Waals surface area contributed by atoms with Crippen molar-refractivity contribution in [3.63, 3.8) is 0 Å². The van der Waals surface area contributed by atoms with E-state index in [4.69, 9.17) is 28.4 Å². The predicted octanol–water partition coefficient (Wildman–Crippen LogP) is 19.3. The Morgan fingerprint density at radius 2 is 0.762 bits per heavy atom. The monoisotopic (exact) mass is 1120 g/mol. The molecule has 0 radical (unpaired) electrons. The second-order valence-electron chi connectivity index (χ2n) is 22.1. The summed E-state index contributed by atoms with van der Waals surface area (Å²) in [5.74, 6) is 12.4. The van der Waals surface area contributed by atoms with E-state index < -0.39 is 12.3 Å². The Balaban J connectivity index is 4.37. The Labute approximate surface area is 491 Å². The third-order valence-electron chi connectivity index (χ3n) is 14.8. The summed E-state index contributed by atoms with van der Waals surface area (Å²) in [4.78, 5) is 52.4. The topological polar surface area (TPSA) is 127 Å². The van der Waals surface area contributed by atoms with Crippen LogP contribution in [0.4, 0.5) is 9.59 Å². The molecule has 0 saturated heterocycles. The van der Waals surface area contributed by atoms with Gasteiger partial charge in [-0.05, 0) is 95.9 Å². The molecule has 0 aromatic heterocycles. The van der Waals surface area contributed by atoms with E-state index in [0.717, 1.165) is 180 Å². The van der Waals surface area contributed by atoms with Gasteiger partial charge in [-0.25, -0.2) is 9.59 Å². The average Bonchev–Trinajstić information content (AvgIpc) is 3.45. The maximum atomic E-state index is 12.7. The van der Waals surface area contributed by atoms with E-state index in [1.54, 1.807) is 0 Å². The van der Waals surface area contributed by atoms with E-state index >= 15 is 0 Å².